The Kier molecular flexibility index (Phi) is 5.90. The van der Waals surface area contributed by atoms with Crippen molar-refractivity contribution in [3.8, 4) is 6.19 Å². The van der Waals surface area contributed by atoms with Gasteiger partial charge in [-0.2, -0.15) is 5.26 Å². The van der Waals surface area contributed by atoms with E-state index in [9.17, 15) is 13.6 Å². The number of carbonyl (C=O) groups is 1. The van der Waals surface area contributed by atoms with Crippen LogP contribution in [-0.2, 0) is 0 Å². The molecule has 1 unspecified atom stereocenters. The fourth-order valence-corrected chi connectivity index (χ4v) is 4.01. The summed E-state index contributed by atoms with van der Waals surface area (Å²) in [6, 6.07) is 4.06. The number of nitrogens with one attached hydrogen (secondary N) is 1. The van der Waals surface area contributed by atoms with E-state index < -0.39 is 11.6 Å². The Morgan fingerprint density at radius 3 is 2.75 bits per heavy atom. The number of hydrogen-bond donors (Lipinski definition) is 1. The van der Waals surface area contributed by atoms with E-state index in [2.05, 4.69) is 21.5 Å². The minimum absolute atomic E-state index is 0.00355. The molecule has 166 valence electrons. The van der Waals surface area contributed by atoms with Gasteiger partial charge in [-0.3, -0.25) is 4.79 Å². The fourth-order valence-electron chi connectivity index (χ4n) is 4.01. The predicted molar refractivity (Wildman–Crippen MR) is 115 cm³/mol. The number of nitrogens with zero attached hydrogens (tertiary/aromatic N) is 6. The molecule has 3 aromatic rings. The van der Waals surface area contributed by atoms with Crippen molar-refractivity contribution in [2.24, 2.45) is 0 Å². The zero-order valence-electron chi connectivity index (χ0n) is 17.8. The molecule has 8 nitrogen and oxygen atoms in total. The van der Waals surface area contributed by atoms with Crippen LogP contribution in [0.25, 0.3) is 11.0 Å². The summed E-state index contributed by atoms with van der Waals surface area (Å²) in [6.07, 6.45) is 7.18. The molecule has 1 atom stereocenters. The summed E-state index contributed by atoms with van der Waals surface area (Å²) in [5, 5.41) is 12.2. The summed E-state index contributed by atoms with van der Waals surface area (Å²) in [5.74, 6) is -1.33. The van der Waals surface area contributed by atoms with Crippen LogP contribution in [0.4, 0.5) is 20.3 Å². The zero-order chi connectivity index (χ0) is 22.8. The van der Waals surface area contributed by atoms with Crippen LogP contribution >= 0.6 is 0 Å². The maximum Gasteiger partial charge on any atom is 0.253 e. The number of benzene rings is 1. The van der Waals surface area contributed by atoms with Crippen molar-refractivity contribution in [2.75, 3.05) is 32.5 Å². The molecule has 2 aromatic heterocycles. The standard InChI is InChI=1S/C22H23F2N7O/c1-29(2)22(32)14-5-6-18(16(23)10-14)28-20-19-17(24)11-31(21(19)27-13-26-20)15-4-3-8-30(12-25)9-7-15/h5-6,10-11,13,15H,3-4,7-9H2,1-2H3,(H,26,27,28). The monoisotopic (exact) mass is 439 g/mol. The van der Waals surface area contributed by atoms with Gasteiger partial charge in [-0.1, -0.05) is 0 Å². The first-order valence-electron chi connectivity index (χ1n) is 10.3. The Morgan fingerprint density at radius 2 is 2.03 bits per heavy atom. The fraction of sp³-hybridized carbons (Fsp3) is 0.364. The third-order valence-electron chi connectivity index (χ3n) is 5.67. The van der Waals surface area contributed by atoms with Crippen LogP contribution in [0, 0.1) is 23.1 Å². The highest BCUT2D eigenvalue weighted by molar-refractivity contribution is 5.95. The summed E-state index contributed by atoms with van der Waals surface area (Å²) >= 11 is 0. The number of aromatic nitrogens is 3. The molecule has 0 radical (unpaired) electrons. The Balaban J connectivity index is 1.65. The summed E-state index contributed by atoms with van der Waals surface area (Å²) < 4.78 is 31.4. The number of carbonyl (C=O) groups excluding carboxylic acids is 1. The van der Waals surface area contributed by atoms with E-state index in [0.717, 1.165) is 18.9 Å². The topological polar surface area (TPSA) is 90.1 Å². The third kappa shape index (κ3) is 4.06. The second-order valence-corrected chi connectivity index (χ2v) is 8.00. The van der Waals surface area contributed by atoms with Crippen LogP contribution in [0.3, 0.4) is 0 Å². The number of rotatable bonds is 4. The predicted octanol–water partition coefficient (Wildman–Crippen LogP) is 3.66. The Hall–Kier alpha value is -3.74. The van der Waals surface area contributed by atoms with Gasteiger partial charge in [0, 0.05) is 45.0 Å². The molecular formula is C22H23F2N7O. The van der Waals surface area contributed by atoms with Crippen LogP contribution in [0.5, 0.6) is 0 Å². The highest BCUT2D eigenvalue weighted by Crippen LogP contribution is 2.33. The summed E-state index contributed by atoms with van der Waals surface area (Å²) in [6.45, 7) is 1.28. The Bertz CT molecular complexity index is 1200. The molecule has 0 bridgehead atoms. The molecule has 0 saturated carbocycles. The van der Waals surface area contributed by atoms with Crippen LogP contribution in [0.1, 0.15) is 35.7 Å². The minimum atomic E-state index is -0.648. The van der Waals surface area contributed by atoms with Gasteiger partial charge in [-0.25, -0.2) is 18.7 Å². The van der Waals surface area contributed by atoms with Crippen LogP contribution in [0.2, 0.25) is 0 Å². The quantitative estimate of drug-likeness (QED) is 0.624. The first-order valence-corrected chi connectivity index (χ1v) is 10.3. The third-order valence-corrected chi connectivity index (χ3v) is 5.67. The van der Waals surface area contributed by atoms with E-state index in [-0.39, 0.29) is 34.4 Å². The van der Waals surface area contributed by atoms with E-state index >= 15 is 0 Å². The second-order valence-electron chi connectivity index (χ2n) is 8.00. The summed E-state index contributed by atoms with van der Waals surface area (Å²) in [4.78, 5) is 23.5. The van der Waals surface area contributed by atoms with Crippen LogP contribution < -0.4 is 5.32 Å². The van der Waals surface area contributed by atoms with Gasteiger partial charge in [-0.05, 0) is 37.5 Å². The maximum atomic E-state index is 15.0. The van der Waals surface area contributed by atoms with E-state index in [1.165, 1.54) is 29.6 Å². The number of nitriles is 1. The average molecular weight is 439 g/mol. The number of amides is 1. The molecule has 4 rings (SSSR count). The number of hydrogen-bond acceptors (Lipinski definition) is 6. The molecule has 1 aromatic carbocycles. The highest BCUT2D eigenvalue weighted by Gasteiger charge is 2.23. The molecule has 0 aliphatic carbocycles. The van der Waals surface area contributed by atoms with Crippen molar-refractivity contribution < 1.29 is 13.6 Å². The van der Waals surface area contributed by atoms with E-state index in [1.807, 2.05) is 0 Å². The van der Waals surface area contributed by atoms with Gasteiger partial charge < -0.3 is 19.7 Å². The number of likely N-dealkylation sites (tertiary alicyclic amines) is 1. The summed E-state index contributed by atoms with van der Waals surface area (Å²) in [5.41, 5.74) is 0.699. The van der Waals surface area contributed by atoms with E-state index in [4.69, 9.17) is 5.26 Å². The van der Waals surface area contributed by atoms with Crippen LogP contribution in [0.15, 0.2) is 30.7 Å². The molecule has 0 spiro atoms. The minimum Gasteiger partial charge on any atom is -0.345 e. The molecule has 1 amide bonds. The zero-order valence-corrected chi connectivity index (χ0v) is 17.8. The van der Waals surface area contributed by atoms with Gasteiger partial charge in [0.25, 0.3) is 5.91 Å². The number of fused-ring (bicyclic) bond motifs is 1. The van der Waals surface area contributed by atoms with Gasteiger partial charge in [0.15, 0.2) is 12.0 Å². The largest absolute Gasteiger partial charge is 0.345 e. The molecule has 3 heterocycles. The maximum absolute atomic E-state index is 15.0. The number of anilines is 2. The first-order chi connectivity index (χ1) is 15.4. The molecule has 1 aliphatic heterocycles. The molecular weight excluding hydrogens is 416 g/mol. The van der Waals surface area contributed by atoms with Crippen molar-refractivity contribution in [1.29, 1.82) is 5.26 Å². The van der Waals surface area contributed by atoms with Crippen LogP contribution in [-0.4, -0.2) is 57.4 Å². The van der Waals surface area contributed by atoms with Crippen molar-refractivity contribution in [3.05, 3.63) is 47.9 Å². The normalized spacial score (nSPS) is 16.5. The first kappa shape index (κ1) is 21.5. The van der Waals surface area contributed by atoms with Gasteiger partial charge >= 0.3 is 0 Å². The molecule has 1 N–H and O–H groups in total. The lowest BCUT2D eigenvalue weighted by Crippen LogP contribution is -2.21. The molecule has 32 heavy (non-hydrogen) atoms. The molecule has 10 heteroatoms. The van der Waals surface area contributed by atoms with Gasteiger partial charge in [0.05, 0.1) is 11.1 Å². The number of halogens is 2. The molecule has 1 aliphatic rings. The van der Waals surface area contributed by atoms with Gasteiger partial charge in [0.1, 0.15) is 23.6 Å². The average Bonchev–Trinajstić information content (AvgIpc) is 2.96. The second kappa shape index (κ2) is 8.78. The van der Waals surface area contributed by atoms with E-state index in [0.29, 0.717) is 25.2 Å². The Morgan fingerprint density at radius 1 is 1.22 bits per heavy atom. The van der Waals surface area contributed by atoms with Crippen molar-refractivity contribution in [1.82, 2.24) is 24.3 Å². The lowest BCUT2D eigenvalue weighted by Gasteiger charge is -2.17. The van der Waals surface area contributed by atoms with Gasteiger partial charge in [-0.15, -0.1) is 0 Å². The van der Waals surface area contributed by atoms with Crippen molar-refractivity contribution in [3.63, 3.8) is 0 Å². The Labute approximate surface area is 184 Å². The SMILES string of the molecule is CN(C)C(=O)c1ccc(Nc2ncnc3c2c(F)cn3C2CCCN(C#N)CC2)c(F)c1. The molecule has 1 fully saturated rings. The summed E-state index contributed by atoms with van der Waals surface area (Å²) in [7, 11) is 3.17. The molecule has 1 saturated heterocycles. The van der Waals surface area contributed by atoms with Gasteiger partial charge in [0.2, 0.25) is 0 Å². The van der Waals surface area contributed by atoms with Crippen molar-refractivity contribution >= 4 is 28.4 Å². The highest BCUT2D eigenvalue weighted by atomic mass is 19.1. The van der Waals surface area contributed by atoms with Crippen molar-refractivity contribution in [2.45, 2.75) is 25.3 Å². The van der Waals surface area contributed by atoms with E-state index in [1.54, 1.807) is 23.6 Å². The lowest BCUT2D eigenvalue weighted by atomic mass is 10.1. The smallest absolute Gasteiger partial charge is 0.253 e. The lowest BCUT2D eigenvalue weighted by molar-refractivity contribution is 0.0827.